The SMILES string of the molecule is c1ccc(C2=NO[C@H]3c4ccccc4C[C@H]23)cc1. The average Bonchev–Trinajstić information content (AvgIpc) is 2.98. The largest absolute Gasteiger partial charge is 0.387 e. The van der Waals surface area contributed by atoms with Gasteiger partial charge in [0.2, 0.25) is 0 Å². The van der Waals surface area contributed by atoms with Crippen molar-refractivity contribution in [1.29, 1.82) is 0 Å². The van der Waals surface area contributed by atoms with Crippen LogP contribution in [0.15, 0.2) is 59.8 Å². The van der Waals surface area contributed by atoms with Crippen LogP contribution in [0.25, 0.3) is 0 Å². The van der Waals surface area contributed by atoms with E-state index in [1.807, 2.05) is 18.2 Å². The van der Waals surface area contributed by atoms with Crippen LogP contribution in [-0.4, -0.2) is 5.71 Å². The maximum absolute atomic E-state index is 5.66. The van der Waals surface area contributed by atoms with Gasteiger partial charge in [-0.25, -0.2) is 0 Å². The molecule has 0 bridgehead atoms. The second kappa shape index (κ2) is 3.70. The predicted molar refractivity (Wildman–Crippen MR) is 70.4 cm³/mol. The minimum atomic E-state index is 0.122. The summed E-state index contributed by atoms with van der Waals surface area (Å²) in [6.07, 6.45) is 1.16. The van der Waals surface area contributed by atoms with Gasteiger partial charge in [-0.15, -0.1) is 0 Å². The number of rotatable bonds is 1. The van der Waals surface area contributed by atoms with Gasteiger partial charge in [0.25, 0.3) is 0 Å². The van der Waals surface area contributed by atoms with E-state index in [4.69, 9.17) is 4.84 Å². The molecule has 1 aliphatic carbocycles. The zero-order valence-corrected chi connectivity index (χ0v) is 9.91. The van der Waals surface area contributed by atoms with Crippen LogP contribution in [0, 0.1) is 5.92 Å². The fourth-order valence-electron chi connectivity index (χ4n) is 2.99. The summed E-state index contributed by atoms with van der Waals surface area (Å²) in [7, 11) is 0. The number of hydrogen-bond donors (Lipinski definition) is 0. The lowest BCUT2D eigenvalue weighted by Gasteiger charge is -2.09. The van der Waals surface area contributed by atoms with Gasteiger partial charge in [0.1, 0.15) is 0 Å². The topological polar surface area (TPSA) is 21.6 Å². The third kappa shape index (κ3) is 1.32. The quantitative estimate of drug-likeness (QED) is 0.743. The Hall–Kier alpha value is -2.09. The molecule has 1 heterocycles. The van der Waals surface area contributed by atoms with Crippen molar-refractivity contribution in [1.82, 2.24) is 0 Å². The average molecular weight is 235 g/mol. The Morgan fingerprint density at radius 1 is 0.944 bits per heavy atom. The summed E-state index contributed by atoms with van der Waals surface area (Å²) in [5, 5.41) is 4.31. The number of benzene rings is 2. The van der Waals surface area contributed by atoms with E-state index in [1.54, 1.807) is 0 Å². The molecule has 0 saturated heterocycles. The lowest BCUT2D eigenvalue weighted by molar-refractivity contribution is 0.0697. The van der Waals surface area contributed by atoms with E-state index in [1.165, 1.54) is 16.7 Å². The Morgan fingerprint density at radius 3 is 2.61 bits per heavy atom. The molecule has 0 radical (unpaired) electrons. The number of fused-ring (bicyclic) bond motifs is 3. The van der Waals surface area contributed by atoms with E-state index in [9.17, 15) is 0 Å². The molecule has 1 aliphatic heterocycles. The standard InChI is InChI=1S/C16H13NO/c1-2-6-11(7-3-1)15-14-10-12-8-4-5-9-13(12)16(14)18-17-15/h1-9,14,16H,10H2/t14-,16+/m1/s1. The summed E-state index contributed by atoms with van der Waals surface area (Å²) in [4.78, 5) is 5.66. The van der Waals surface area contributed by atoms with E-state index in [2.05, 4.69) is 41.6 Å². The molecule has 0 aromatic heterocycles. The van der Waals surface area contributed by atoms with Gasteiger partial charge in [0, 0.05) is 0 Å². The van der Waals surface area contributed by atoms with Gasteiger partial charge >= 0.3 is 0 Å². The van der Waals surface area contributed by atoms with E-state index in [0.29, 0.717) is 5.92 Å². The first-order valence-corrected chi connectivity index (χ1v) is 6.30. The first kappa shape index (κ1) is 9.89. The first-order valence-electron chi connectivity index (χ1n) is 6.30. The van der Waals surface area contributed by atoms with Crippen LogP contribution in [0.5, 0.6) is 0 Å². The smallest absolute Gasteiger partial charge is 0.161 e. The number of oxime groups is 1. The van der Waals surface area contributed by atoms with Crippen molar-refractivity contribution >= 4 is 5.71 Å². The molecule has 2 atom stereocenters. The predicted octanol–water partition coefficient (Wildman–Crippen LogP) is 3.33. The summed E-state index contributed by atoms with van der Waals surface area (Å²) < 4.78 is 0. The van der Waals surface area contributed by atoms with Crippen molar-refractivity contribution in [3.63, 3.8) is 0 Å². The summed E-state index contributed by atoms with van der Waals surface area (Å²) >= 11 is 0. The second-order valence-electron chi connectivity index (χ2n) is 4.88. The molecule has 2 heteroatoms. The molecule has 0 saturated carbocycles. The van der Waals surface area contributed by atoms with E-state index in [-0.39, 0.29) is 6.10 Å². The van der Waals surface area contributed by atoms with E-state index in [0.717, 1.165) is 12.1 Å². The molecule has 2 aromatic rings. The molecule has 88 valence electrons. The maximum Gasteiger partial charge on any atom is 0.161 e. The van der Waals surface area contributed by atoms with Crippen LogP contribution in [-0.2, 0) is 11.3 Å². The summed E-state index contributed by atoms with van der Waals surface area (Å²) in [6.45, 7) is 0. The van der Waals surface area contributed by atoms with Gasteiger partial charge in [-0.1, -0.05) is 59.8 Å². The Kier molecular flexibility index (Phi) is 2.04. The Morgan fingerprint density at radius 2 is 1.72 bits per heavy atom. The zero-order valence-electron chi connectivity index (χ0n) is 9.91. The van der Waals surface area contributed by atoms with Crippen LogP contribution in [0.4, 0.5) is 0 Å². The fourth-order valence-corrected chi connectivity index (χ4v) is 2.99. The summed E-state index contributed by atoms with van der Waals surface area (Å²) in [5.41, 5.74) is 4.97. The van der Waals surface area contributed by atoms with Crippen LogP contribution in [0.2, 0.25) is 0 Å². The second-order valence-corrected chi connectivity index (χ2v) is 4.88. The Bertz CT molecular complexity index is 618. The highest BCUT2D eigenvalue weighted by atomic mass is 16.6. The fraction of sp³-hybridized carbons (Fsp3) is 0.188. The normalized spacial score (nSPS) is 24.1. The highest BCUT2D eigenvalue weighted by Gasteiger charge is 2.42. The van der Waals surface area contributed by atoms with E-state index >= 15 is 0 Å². The van der Waals surface area contributed by atoms with Crippen molar-refractivity contribution in [3.05, 3.63) is 71.3 Å². The number of hydrogen-bond acceptors (Lipinski definition) is 2. The molecule has 0 N–H and O–H groups in total. The monoisotopic (exact) mass is 235 g/mol. The Labute approximate surface area is 106 Å². The van der Waals surface area contributed by atoms with Crippen LogP contribution >= 0.6 is 0 Å². The first-order chi connectivity index (χ1) is 8.93. The lowest BCUT2D eigenvalue weighted by atomic mass is 9.93. The highest BCUT2D eigenvalue weighted by molar-refractivity contribution is 6.03. The molecule has 4 rings (SSSR count). The molecule has 0 unspecified atom stereocenters. The summed E-state index contributed by atoms with van der Waals surface area (Å²) in [5.74, 6) is 0.379. The van der Waals surface area contributed by atoms with Crippen molar-refractivity contribution in [2.75, 3.05) is 0 Å². The van der Waals surface area contributed by atoms with Gasteiger partial charge < -0.3 is 4.84 Å². The van der Waals surface area contributed by atoms with Gasteiger partial charge in [-0.3, -0.25) is 0 Å². The Balaban J connectivity index is 1.73. The van der Waals surface area contributed by atoms with Crippen molar-refractivity contribution in [2.24, 2.45) is 11.1 Å². The number of nitrogens with zero attached hydrogens (tertiary/aromatic N) is 1. The molecule has 2 aromatic carbocycles. The van der Waals surface area contributed by atoms with Crippen molar-refractivity contribution in [3.8, 4) is 0 Å². The van der Waals surface area contributed by atoms with Crippen molar-refractivity contribution in [2.45, 2.75) is 12.5 Å². The van der Waals surface area contributed by atoms with Gasteiger partial charge in [-0.2, -0.15) is 0 Å². The highest BCUT2D eigenvalue weighted by Crippen LogP contribution is 2.44. The molecule has 18 heavy (non-hydrogen) atoms. The zero-order chi connectivity index (χ0) is 11.9. The molecular weight excluding hydrogens is 222 g/mol. The minimum absolute atomic E-state index is 0.122. The van der Waals surface area contributed by atoms with Gasteiger partial charge in [0.05, 0.1) is 11.6 Å². The third-order valence-corrected chi connectivity index (χ3v) is 3.85. The molecular formula is C16H13NO. The molecule has 0 spiro atoms. The van der Waals surface area contributed by atoms with Crippen LogP contribution in [0.3, 0.4) is 0 Å². The molecule has 2 aliphatic rings. The molecule has 2 nitrogen and oxygen atoms in total. The summed E-state index contributed by atoms with van der Waals surface area (Å²) in [6, 6.07) is 18.9. The van der Waals surface area contributed by atoms with Crippen LogP contribution in [0.1, 0.15) is 22.8 Å². The van der Waals surface area contributed by atoms with Gasteiger partial charge in [-0.05, 0) is 23.1 Å². The molecule has 0 fully saturated rings. The van der Waals surface area contributed by atoms with Crippen LogP contribution < -0.4 is 0 Å². The third-order valence-electron chi connectivity index (χ3n) is 3.85. The lowest BCUT2D eigenvalue weighted by Crippen LogP contribution is -2.14. The van der Waals surface area contributed by atoms with E-state index < -0.39 is 0 Å². The van der Waals surface area contributed by atoms with Gasteiger partial charge in [0.15, 0.2) is 6.10 Å². The maximum atomic E-state index is 5.66. The van der Waals surface area contributed by atoms with Crippen molar-refractivity contribution < 1.29 is 4.84 Å². The molecule has 0 amide bonds. The minimum Gasteiger partial charge on any atom is -0.387 e.